The lowest BCUT2D eigenvalue weighted by molar-refractivity contribution is 0.0938. The van der Waals surface area contributed by atoms with Crippen LogP contribution < -0.4 is 10.1 Å². The number of likely N-dealkylation sites (N-methyl/N-ethyl adjacent to an activating group) is 1. The molecule has 0 fully saturated rings. The van der Waals surface area contributed by atoms with Crippen molar-refractivity contribution in [2.75, 3.05) is 27.2 Å². The Hall–Kier alpha value is -3.91. The van der Waals surface area contributed by atoms with Gasteiger partial charge in [-0.2, -0.15) is 10.2 Å². The molecule has 2 aromatic carbocycles. The van der Waals surface area contributed by atoms with Gasteiger partial charge in [-0.25, -0.2) is 0 Å². The van der Waals surface area contributed by atoms with E-state index in [1.54, 1.807) is 0 Å². The Morgan fingerprint density at radius 3 is 2.49 bits per heavy atom. The molecule has 1 N–H and O–H groups in total. The first-order chi connectivity index (χ1) is 18.6. The maximum absolute atomic E-state index is 13.4. The fourth-order valence-corrected chi connectivity index (χ4v) is 4.32. The van der Waals surface area contributed by atoms with Crippen molar-refractivity contribution >= 4 is 5.91 Å². The summed E-state index contributed by atoms with van der Waals surface area (Å²) in [6.07, 6.45) is 5.94. The van der Waals surface area contributed by atoms with Crippen LogP contribution in [0.2, 0.25) is 0 Å². The number of amides is 1. The van der Waals surface area contributed by atoms with E-state index in [2.05, 4.69) is 60.5 Å². The monoisotopic (exact) mass is 528 g/mol. The Morgan fingerprint density at radius 1 is 1.05 bits per heavy atom. The van der Waals surface area contributed by atoms with Gasteiger partial charge in [0.05, 0.1) is 17.9 Å². The molecule has 0 aliphatic carbocycles. The Balaban J connectivity index is 1.62. The molecule has 0 saturated carbocycles. The normalized spacial score (nSPS) is 12.2. The molecule has 0 aliphatic heterocycles. The predicted octanol–water partition coefficient (Wildman–Crippen LogP) is 5.75. The molecule has 1 amide bonds. The van der Waals surface area contributed by atoms with Gasteiger partial charge >= 0.3 is 0 Å². The molecule has 206 valence electrons. The summed E-state index contributed by atoms with van der Waals surface area (Å²) < 4.78 is 9.74. The summed E-state index contributed by atoms with van der Waals surface area (Å²) in [5.74, 6) is 0.561. The summed E-state index contributed by atoms with van der Waals surface area (Å²) in [5, 5.41) is 12.5. The molecule has 0 unspecified atom stereocenters. The zero-order valence-electron chi connectivity index (χ0n) is 24.1. The minimum absolute atomic E-state index is 0.132. The van der Waals surface area contributed by atoms with Gasteiger partial charge in [-0.15, -0.1) is 0 Å². The van der Waals surface area contributed by atoms with Crippen LogP contribution in [0, 0.1) is 6.92 Å². The zero-order chi connectivity index (χ0) is 28.1. The zero-order valence-corrected chi connectivity index (χ0v) is 24.1. The van der Waals surface area contributed by atoms with Gasteiger partial charge in [-0.3, -0.25) is 14.2 Å². The predicted molar refractivity (Wildman–Crippen MR) is 156 cm³/mol. The molecule has 4 aromatic rings. The highest BCUT2D eigenvalue weighted by Gasteiger charge is 2.18. The van der Waals surface area contributed by atoms with Gasteiger partial charge in [-0.05, 0) is 102 Å². The molecule has 0 bridgehead atoms. The van der Waals surface area contributed by atoms with Crippen molar-refractivity contribution in [3.63, 3.8) is 0 Å². The summed E-state index contributed by atoms with van der Waals surface area (Å²) in [5.41, 5.74) is 6.47. The molecule has 8 heteroatoms. The van der Waals surface area contributed by atoms with E-state index in [0.29, 0.717) is 17.9 Å². The lowest BCUT2D eigenvalue weighted by atomic mass is 9.96. The number of carbonyl (C=O) groups is 1. The van der Waals surface area contributed by atoms with Crippen LogP contribution in [0.3, 0.4) is 0 Å². The lowest BCUT2D eigenvalue weighted by Gasteiger charge is -2.18. The first-order valence-corrected chi connectivity index (χ1v) is 13.6. The third kappa shape index (κ3) is 6.95. The third-order valence-corrected chi connectivity index (χ3v) is 6.79. The van der Waals surface area contributed by atoms with E-state index in [-0.39, 0.29) is 18.0 Å². The van der Waals surface area contributed by atoms with E-state index < -0.39 is 0 Å². The van der Waals surface area contributed by atoms with Gasteiger partial charge in [-0.1, -0.05) is 6.07 Å². The van der Waals surface area contributed by atoms with E-state index in [0.717, 1.165) is 46.6 Å². The number of aromatic nitrogens is 4. The van der Waals surface area contributed by atoms with Gasteiger partial charge in [0.1, 0.15) is 12.4 Å². The molecule has 0 spiro atoms. The minimum Gasteiger partial charge on any atom is -0.492 e. The van der Waals surface area contributed by atoms with E-state index >= 15 is 0 Å². The molecule has 0 aliphatic rings. The largest absolute Gasteiger partial charge is 0.492 e. The van der Waals surface area contributed by atoms with E-state index in [1.807, 2.05) is 74.0 Å². The first kappa shape index (κ1) is 28.1. The molecule has 39 heavy (non-hydrogen) atoms. The van der Waals surface area contributed by atoms with Crippen molar-refractivity contribution in [3.05, 3.63) is 77.7 Å². The van der Waals surface area contributed by atoms with Gasteiger partial charge in [0.2, 0.25) is 0 Å². The minimum atomic E-state index is -0.234. The number of nitrogens with zero attached hydrogens (tertiary/aromatic N) is 5. The quantitative estimate of drug-likeness (QED) is 0.268. The standard InChI is InChI=1S/C31H40N6O2/c1-8-36-12-11-30(34-36)26-16-24(15-25(17-26)27-19-32-37(20-27)21(2)3)23(5)33-31(38)29-18-28(10-9-22(29)4)39-14-13-35(6)7/h9-12,15-21,23H,8,13-14H2,1-7H3,(H,33,38)/t23-/m1/s1. The van der Waals surface area contributed by atoms with Crippen molar-refractivity contribution in [3.8, 4) is 28.1 Å². The van der Waals surface area contributed by atoms with Crippen LogP contribution in [0.4, 0.5) is 0 Å². The Morgan fingerprint density at radius 2 is 1.82 bits per heavy atom. The summed E-state index contributed by atoms with van der Waals surface area (Å²) >= 11 is 0. The van der Waals surface area contributed by atoms with E-state index in [4.69, 9.17) is 9.84 Å². The Labute approximate surface area is 231 Å². The number of ether oxygens (including phenoxy) is 1. The van der Waals surface area contributed by atoms with Crippen LogP contribution in [-0.2, 0) is 6.54 Å². The number of rotatable bonds is 11. The highest BCUT2D eigenvalue weighted by Crippen LogP contribution is 2.31. The van der Waals surface area contributed by atoms with Crippen molar-refractivity contribution in [2.24, 2.45) is 0 Å². The van der Waals surface area contributed by atoms with Crippen molar-refractivity contribution in [2.45, 2.75) is 53.2 Å². The van der Waals surface area contributed by atoms with Gasteiger partial charge in [0, 0.05) is 48.2 Å². The number of aryl methyl sites for hydroxylation is 2. The fourth-order valence-electron chi connectivity index (χ4n) is 4.32. The molecule has 2 aromatic heterocycles. The van der Waals surface area contributed by atoms with Gasteiger partial charge in [0.25, 0.3) is 5.91 Å². The summed E-state index contributed by atoms with van der Waals surface area (Å²) in [7, 11) is 4.01. The second-order valence-electron chi connectivity index (χ2n) is 10.5. The van der Waals surface area contributed by atoms with Crippen LogP contribution in [0.5, 0.6) is 5.75 Å². The Kier molecular flexibility index (Phi) is 8.86. The number of nitrogens with one attached hydrogen (secondary N) is 1. The number of hydrogen-bond acceptors (Lipinski definition) is 5. The smallest absolute Gasteiger partial charge is 0.252 e. The average Bonchev–Trinajstić information content (AvgIpc) is 3.59. The molecule has 1 atom stereocenters. The molecule has 2 heterocycles. The topological polar surface area (TPSA) is 77.2 Å². The highest BCUT2D eigenvalue weighted by molar-refractivity contribution is 5.96. The van der Waals surface area contributed by atoms with Gasteiger partial charge in [0.15, 0.2) is 0 Å². The van der Waals surface area contributed by atoms with Gasteiger partial charge < -0.3 is 15.0 Å². The third-order valence-electron chi connectivity index (χ3n) is 6.79. The van der Waals surface area contributed by atoms with E-state index in [1.165, 1.54) is 0 Å². The van der Waals surface area contributed by atoms with Crippen LogP contribution in [0.15, 0.2) is 61.1 Å². The first-order valence-electron chi connectivity index (χ1n) is 13.6. The number of hydrogen-bond donors (Lipinski definition) is 1. The number of carbonyl (C=O) groups excluding carboxylic acids is 1. The molecule has 0 radical (unpaired) electrons. The summed E-state index contributed by atoms with van der Waals surface area (Å²) in [6.45, 7) is 12.4. The average molecular weight is 529 g/mol. The lowest BCUT2D eigenvalue weighted by Crippen LogP contribution is -2.27. The highest BCUT2D eigenvalue weighted by atomic mass is 16.5. The van der Waals surface area contributed by atoms with Crippen molar-refractivity contribution in [1.29, 1.82) is 0 Å². The molecular formula is C31H40N6O2. The fraction of sp³-hybridized carbons (Fsp3) is 0.387. The maximum Gasteiger partial charge on any atom is 0.252 e. The van der Waals surface area contributed by atoms with Crippen molar-refractivity contribution < 1.29 is 9.53 Å². The Bertz CT molecular complexity index is 1420. The second kappa shape index (κ2) is 12.3. The van der Waals surface area contributed by atoms with Crippen LogP contribution in [0.1, 0.15) is 61.3 Å². The summed E-state index contributed by atoms with van der Waals surface area (Å²) in [6, 6.07) is 14.1. The molecular weight excluding hydrogens is 488 g/mol. The van der Waals surface area contributed by atoms with E-state index in [9.17, 15) is 4.79 Å². The number of benzene rings is 2. The van der Waals surface area contributed by atoms with Crippen LogP contribution in [0.25, 0.3) is 22.4 Å². The molecule has 8 nitrogen and oxygen atoms in total. The SMILES string of the molecule is CCn1ccc(-c2cc(-c3cnn(C(C)C)c3)cc([C@@H](C)NC(=O)c3cc(OCCN(C)C)ccc3C)c2)n1. The molecule has 4 rings (SSSR count). The van der Waals surface area contributed by atoms with Crippen LogP contribution in [-0.4, -0.2) is 57.6 Å². The van der Waals surface area contributed by atoms with Crippen molar-refractivity contribution in [1.82, 2.24) is 29.8 Å². The maximum atomic E-state index is 13.4. The second-order valence-corrected chi connectivity index (χ2v) is 10.5. The molecule has 0 saturated heterocycles. The van der Waals surface area contributed by atoms with Crippen LogP contribution >= 0.6 is 0 Å². The summed E-state index contributed by atoms with van der Waals surface area (Å²) in [4.78, 5) is 15.5.